The van der Waals surface area contributed by atoms with Crippen molar-refractivity contribution in [2.24, 2.45) is 11.7 Å². The molecule has 2 aliphatic heterocycles. The van der Waals surface area contributed by atoms with E-state index in [9.17, 15) is 9.59 Å². The molecule has 170 valence electrons. The summed E-state index contributed by atoms with van der Waals surface area (Å²) in [6.07, 6.45) is 5.36. The van der Waals surface area contributed by atoms with E-state index in [-0.39, 0.29) is 23.1 Å². The molecule has 3 heterocycles. The van der Waals surface area contributed by atoms with Crippen molar-refractivity contribution in [3.05, 3.63) is 58.2 Å². The fourth-order valence-electron chi connectivity index (χ4n) is 4.90. The number of nitrogens with zero attached hydrogens (tertiary/aromatic N) is 3. The third-order valence-corrected chi connectivity index (χ3v) is 7.67. The van der Waals surface area contributed by atoms with Gasteiger partial charge in [0, 0.05) is 30.5 Å². The van der Waals surface area contributed by atoms with E-state index in [1.54, 1.807) is 11.1 Å². The molecule has 0 spiro atoms. The molecule has 2 saturated heterocycles. The highest BCUT2D eigenvalue weighted by Gasteiger charge is 2.41. The molecule has 1 aromatic carbocycles. The van der Waals surface area contributed by atoms with Crippen LogP contribution < -0.4 is 10.6 Å². The van der Waals surface area contributed by atoms with E-state index in [0.717, 1.165) is 50.9 Å². The number of benzene rings is 1. The van der Waals surface area contributed by atoms with E-state index in [0.29, 0.717) is 28.8 Å². The first kappa shape index (κ1) is 23.0. The molecular formula is C24H28Cl2N4O2. The molecular weight excluding hydrogens is 447 g/mol. The summed E-state index contributed by atoms with van der Waals surface area (Å²) < 4.78 is 0. The van der Waals surface area contributed by atoms with E-state index >= 15 is 0 Å². The highest BCUT2D eigenvalue weighted by Crippen LogP contribution is 2.41. The SMILES string of the molecule is NC(=O)C1CCN(CC[C@]2(c3ccc(Cl)c(Cl)c3)CCC(=O)N(c3ccccn3)C2)CC1. The van der Waals surface area contributed by atoms with Gasteiger partial charge in [-0.05, 0) is 75.1 Å². The number of piperidine rings is 2. The summed E-state index contributed by atoms with van der Waals surface area (Å²) in [5, 5.41) is 1.04. The molecule has 0 aliphatic carbocycles. The van der Waals surface area contributed by atoms with Gasteiger partial charge in [0.25, 0.3) is 0 Å². The Morgan fingerprint density at radius 1 is 1.16 bits per heavy atom. The Hall–Kier alpha value is -2.15. The molecule has 2 aliphatic rings. The van der Waals surface area contributed by atoms with Gasteiger partial charge < -0.3 is 10.6 Å². The fourth-order valence-corrected chi connectivity index (χ4v) is 5.19. The van der Waals surface area contributed by atoms with Crippen molar-refractivity contribution in [1.29, 1.82) is 0 Å². The van der Waals surface area contributed by atoms with Gasteiger partial charge in [-0.1, -0.05) is 35.3 Å². The summed E-state index contributed by atoms with van der Waals surface area (Å²) >= 11 is 12.6. The smallest absolute Gasteiger partial charge is 0.228 e. The van der Waals surface area contributed by atoms with E-state index in [1.807, 2.05) is 36.4 Å². The molecule has 0 radical (unpaired) electrons. The third-order valence-electron chi connectivity index (χ3n) is 6.93. The number of pyridine rings is 1. The second-order valence-corrected chi connectivity index (χ2v) is 9.66. The molecule has 2 amide bonds. The topological polar surface area (TPSA) is 79.5 Å². The number of anilines is 1. The number of rotatable bonds is 6. The normalized spacial score (nSPS) is 22.8. The number of primary amides is 1. The monoisotopic (exact) mass is 474 g/mol. The van der Waals surface area contributed by atoms with E-state index in [2.05, 4.69) is 9.88 Å². The molecule has 1 atom stereocenters. The van der Waals surface area contributed by atoms with Gasteiger partial charge >= 0.3 is 0 Å². The Bertz CT molecular complexity index is 979. The highest BCUT2D eigenvalue weighted by atomic mass is 35.5. The van der Waals surface area contributed by atoms with Crippen LogP contribution in [0.1, 0.15) is 37.7 Å². The Morgan fingerprint density at radius 3 is 2.59 bits per heavy atom. The lowest BCUT2D eigenvalue weighted by Crippen LogP contribution is -2.51. The van der Waals surface area contributed by atoms with Gasteiger partial charge in [0.15, 0.2) is 0 Å². The Labute approximate surface area is 198 Å². The molecule has 1 aromatic heterocycles. The minimum absolute atomic E-state index is 0.0257. The maximum Gasteiger partial charge on any atom is 0.228 e. The van der Waals surface area contributed by atoms with Gasteiger partial charge in [0.05, 0.1) is 10.0 Å². The Morgan fingerprint density at radius 2 is 1.94 bits per heavy atom. The molecule has 0 unspecified atom stereocenters. The molecule has 4 rings (SSSR count). The molecule has 2 aromatic rings. The predicted octanol–water partition coefficient (Wildman–Crippen LogP) is 4.04. The third kappa shape index (κ3) is 4.92. The summed E-state index contributed by atoms with van der Waals surface area (Å²) in [5.74, 6) is 0.529. The lowest BCUT2D eigenvalue weighted by molar-refractivity contribution is -0.123. The largest absolute Gasteiger partial charge is 0.369 e. The Kier molecular flexibility index (Phi) is 7.03. The van der Waals surface area contributed by atoms with Crippen molar-refractivity contribution in [2.45, 2.75) is 37.5 Å². The van der Waals surface area contributed by atoms with Crippen molar-refractivity contribution < 1.29 is 9.59 Å². The first-order valence-electron chi connectivity index (χ1n) is 11.1. The number of hydrogen-bond acceptors (Lipinski definition) is 4. The fraction of sp³-hybridized carbons (Fsp3) is 0.458. The first-order chi connectivity index (χ1) is 15.4. The van der Waals surface area contributed by atoms with Crippen LogP contribution in [-0.2, 0) is 15.0 Å². The van der Waals surface area contributed by atoms with Gasteiger partial charge in [-0.2, -0.15) is 0 Å². The van der Waals surface area contributed by atoms with E-state index in [4.69, 9.17) is 28.9 Å². The second kappa shape index (κ2) is 9.77. The average Bonchev–Trinajstić information content (AvgIpc) is 2.81. The number of likely N-dealkylation sites (tertiary alicyclic amines) is 1. The number of carbonyl (C=O) groups excluding carboxylic acids is 2. The van der Waals surface area contributed by atoms with Crippen LogP contribution in [0.5, 0.6) is 0 Å². The van der Waals surface area contributed by atoms with Gasteiger partial charge in [-0.25, -0.2) is 4.98 Å². The minimum atomic E-state index is -0.264. The van der Waals surface area contributed by atoms with Crippen molar-refractivity contribution in [3.63, 3.8) is 0 Å². The van der Waals surface area contributed by atoms with Gasteiger partial charge in [0.2, 0.25) is 11.8 Å². The zero-order valence-electron chi connectivity index (χ0n) is 18.0. The summed E-state index contributed by atoms with van der Waals surface area (Å²) in [6.45, 7) is 3.12. The predicted molar refractivity (Wildman–Crippen MR) is 127 cm³/mol. The van der Waals surface area contributed by atoms with Crippen LogP contribution >= 0.6 is 23.2 Å². The van der Waals surface area contributed by atoms with Crippen LogP contribution in [0.4, 0.5) is 5.82 Å². The molecule has 2 N–H and O–H groups in total. The molecule has 0 saturated carbocycles. The number of amides is 2. The summed E-state index contributed by atoms with van der Waals surface area (Å²) in [4.78, 5) is 32.9. The van der Waals surface area contributed by atoms with Crippen molar-refractivity contribution in [2.75, 3.05) is 31.1 Å². The maximum absolute atomic E-state index is 12.8. The van der Waals surface area contributed by atoms with Crippen molar-refractivity contribution in [3.8, 4) is 0 Å². The highest BCUT2D eigenvalue weighted by molar-refractivity contribution is 6.42. The molecule has 8 heteroatoms. The Balaban J connectivity index is 1.58. The summed E-state index contributed by atoms with van der Waals surface area (Å²) in [6, 6.07) is 11.4. The molecule has 2 fully saturated rings. The summed E-state index contributed by atoms with van der Waals surface area (Å²) in [7, 11) is 0. The van der Waals surface area contributed by atoms with Crippen LogP contribution in [0.25, 0.3) is 0 Å². The van der Waals surface area contributed by atoms with Gasteiger partial charge in [-0.3, -0.25) is 14.5 Å². The number of halogens is 2. The average molecular weight is 475 g/mol. The zero-order chi connectivity index (χ0) is 22.7. The first-order valence-corrected chi connectivity index (χ1v) is 11.8. The number of nitrogens with two attached hydrogens (primary N) is 1. The van der Waals surface area contributed by atoms with Crippen LogP contribution in [0.3, 0.4) is 0 Å². The number of hydrogen-bond donors (Lipinski definition) is 1. The molecule has 6 nitrogen and oxygen atoms in total. The molecule has 0 bridgehead atoms. The standard InChI is InChI=1S/C24H28Cl2N4O2/c25-19-5-4-18(15-20(19)26)24(10-14-29-12-7-17(8-13-29)23(27)32)9-6-22(31)30(16-24)21-3-1-2-11-28-21/h1-5,11,15,17H,6-10,12-14,16H2,(H2,27,32)/t24-/m1/s1. The number of aromatic nitrogens is 1. The zero-order valence-corrected chi connectivity index (χ0v) is 19.5. The van der Waals surface area contributed by atoms with Crippen LogP contribution in [-0.4, -0.2) is 47.9 Å². The van der Waals surface area contributed by atoms with E-state index in [1.165, 1.54) is 0 Å². The van der Waals surface area contributed by atoms with Gasteiger partial charge in [-0.15, -0.1) is 0 Å². The second-order valence-electron chi connectivity index (χ2n) is 8.85. The van der Waals surface area contributed by atoms with Crippen LogP contribution in [0.2, 0.25) is 10.0 Å². The number of carbonyl (C=O) groups is 2. The lowest BCUT2D eigenvalue weighted by atomic mass is 9.71. The van der Waals surface area contributed by atoms with Crippen LogP contribution in [0, 0.1) is 5.92 Å². The quantitative estimate of drug-likeness (QED) is 0.684. The van der Waals surface area contributed by atoms with Crippen LogP contribution in [0.15, 0.2) is 42.6 Å². The lowest BCUT2D eigenvalue weighted by Gasteiger charge is -2.44. The molecule has 32 heavy (non-hydrogen) atoms. The maximum atomic E-state index is 12.8. The van der Waals surface area contributed by atoms with E-state index < -0.39 is 0 Å². The summed E-state index contributed by atoms with van der Waals surface area (Å²) in [5.41, 5.74) is 6.31. The van der Waals surface area contributed by atoms with Crippen molar-refractivity contribution >= 4 is 40.8 Å². The van der Waals surface area contributed by atoms with Gasteiger partial charge in [0.1, 0.15) is 5.82 Å². The van der Waals surface area contributed by atoms with Crippen molar-refractivity contribution in [1.82, 2.24) is 9.88 Å². The minimum Gasteiger partial charge on any atom is -0.369 e.